The Labute approximate surface area is 75.0 Å². The van der Waals surface area contributed by atoms with Crippen LogP contribution in [0, 0.1) is 0 Å². The Balaban J connectivity index is 1.82. The number of hydrogen-bond donors (Lipinski definition) is 3. The minimum atomic E-state index is -0.533. The van der Waals surface area contributed by atoms with E-state index in [1.807, 2.05) is 0 Å². The number of carbonyl (C=O) groups is 2. The van der Waals surface area contributed by atoms with E-state index in [1.165, 1.54) is 0 Å². The normalized spacial score (nSPS) is 32.2. The van der Waals surface area contributed by atoms with Gasteiger partial charge in [0.25, 0.3) is 5.91 Å². The molecule has 1 unspecified atom stereocenters. The van der Waals surface area contributed by atoms with Crippen LogP contribution in [0.3, 0.4) is 0 Å². The monoisotopic (exact) mass is 185 g/mol. The summed E-state index contributed by atoms with van der Waals surface area (Å²) in [5, 5.41) is 5.54. The van der Waals surface area contributed by atoms with Crippen molar-refractivity contribution in [3.63, 3.8) is 0 Å². The number of hydroxylamine groups is 1. The molecular weight excluding hydrogens is 174 g/mol. The fraction of sp³-hybridized carbons (Fsp3) is 0.714. The maximum Gasteiger partial charge on any atom is 0.268 e. The molecule has 2 atom stereocenters. The van der Waals surface area contributed by atoms with Gasteiger partial charge < -0.3 is 10.6 Å². The van der Waals surface area contributed by atoms with Gasteiger partial charge in [-0.1, -0.05) is 0 Å². The van der Waals surface area contributed by atoms with Crippen molar-refractivity contribution in [2.75, 3.05) is 13.2 Å². The SMILES string of the molecule is O=C(N[C@@H]1CONC1=O)C1CCN1. The highest BCUT2D eigenvalue weighted by Crippen LogP contribution is 2.03. The van der Waals surface area contributed by atoms with Crippen LogP contribution < -0.4 is 16.1 Å². The average Bonchev–Trinajstić information content (AvgIpc) is 2.32. The molecule has 0 saturated carbocycles. The molecule has 2 amide bonds. The summed E-state index contributed by atoms with van der Waals surface area (Å²) in [6.07, 6.45) is 0.834. The lowest BCUT2D eigenvalue weighted by atomic mass is 10.1. The van der Waals surface area contributed by atoms with E-state index in [2.05, 4.69) is 21.0 Å². The molecule has 2 rings (SSSR count). The highest BCUT2D eigenvalue weighted by molar-refractivity contribution is 5.90. The summed E-state index contributed by atoms with van der Waals surface area (Å²) in [6, 6.07) is -0.664. The van der Waals surface area contributed by atoms with Crippen molar-refractivity contribution in [3.05, 3.63) is 0 Å². The first-order valence-electron chi connectivity index (χ1n) is 4.23. The maximum atomic E-state index is 11.3. The highest BCUT2D eigenvalue weighted by atomic mass is 16.7. The smallest absolute Gasteiger partial charge is 0.268 e. The van der Waals surface area contributed by atoms with Crippen LogP contribution in [0.5, 0.6) is 0 Å². The van der Waals surface area contributed by atoms with Crippen molar-refractivity contribution in [2.24, 2.45) is 0 Å². The summed E-state index contributed by atoms with van der Waals surface area (Å²) in [5.41, 5.74) is 2.18. The van der Waals surface area contributed by atoms with Gasteiger partial charge in [0.2, 0.25) is 5.91 Å². The van der Waals surface area contributed by atoms with Gasteiger partial charge in [0.1, 0.15) is 12.6 Å². The van der Waals surface area contributed by atoms with Crippen molar-refractivity contribution in [3.8, 4) is 0 Å². The van der Waals surface area contributed by atoms with Gasteiger partial charge in [-0.15, -0.1) is 0 Å². The van der Waals surface area contributed by atoms with E-state index in [9.17, 15) is 9.59 Å². The van der Waals surface area contributed by atoms with Crippen molar-refractivity contribution in [1.29, 1.82) is 0 Å². The van der Waals surface area contributed by atoms with E-state index < -0.39 is 6.04 Å². The lowest BCUT2D eigenvalue weighted by molar-refractivity contribution is -0.130. The summed E-state index contributed by atoms with van der Waals surface area (Å²) in [5.74, 6) is -0.412. The molecule has 6 nitrogen and oxygen atoms in total. The molecule has 3 N–H and O–H groups in total. The summed E-state index contributed by atoms with van der Waals surface area (Å²) >= 11 is 0. The Kier molecular flexibility index (Phi) is 2.15. The molecule has 0 bridgehead atoms. The molecule has 2 heterocycles. The number of rotatable bonds is 2. The fourth-order valence-electron chi connectivity index (χ4n) is 1.23. The molecule has 0 aromatic rings. The van der Waals surface area contributed by atoms with Crippen molar-refractivity contribution in [2.45, 2.75) is 18.5 Å². The van der Waals surface area contributed by atoms with Gasteiger partial charge in [0, 0.05) is 0 Å². The van der Waals surface area contributed by atoms with E-state index >= 15 is 0 Å². The zero-order valence-electron chi connectivity index (χ0n) is 7.00. The van der Waals surface area contributed by atoms with Gasteiger partial charge in [-0.25, -0.2) is 5.48 Å². The number of nitrogens with one attached hydrogen (secondary N) is 3. The van der Waals surface area contributed by atoms with Crippen LogP contribution in [0.25, 0.3) is 0 Å². The molecule has 2 fully saturated rings. The molecule has 2 aliphatic rings. The molecule has 0 spiro atoms. The molecule has 72 valence electrons. The first-order valence-corrected chi connectivity index (χ1v) is 4.23. The van der Waals surface area contributed by atoms with Crippen LogP contribution in [0.4, 0.5) is 0 Å². The Hall–Kier alpha value is -1.14. The lowest BCUT2D eigenvalue weighted by Gasteiger charge is -2.26. The van der Waals surface area contributed by atoms with Crippen molar-refractivity contribution in [1.82, 2.24) is 16.1 Å². The predicted molar refractivity (Wildman–Crippen MR) is 42.4 cm³/mol. The van der Waals surface area contributed by atoms with Gasteiger partial charge >= 0.3 is 0 Å². The Morgan fingerprint density at radius 1 is 1.62 bits per heavy atom. The third-order valence-electron chi connectivity index (χ3n) is 2.20. The average molecular weight is 185 g/mol. The van der Waals surface area contributed by atoms with Gasteiger partial charge in [0.15, 0.2) is 0 Å². The molecule has 0 aliphatic carbocycles. The minimum absolute atomic E-state index is 0.128. The second kappa shape index (κ2) is 3.31. The summed E-state index contributed by atoms with van der Waals surface area (Å²) in [6.45, 7) is 1.07. The van der Waals surface area contributed by atoms with Crippen LogP contribution in [-0.2, 0) is 14.4 Å². The fourth-order valence-corrected chi connectivity index (χ4v) is 1.23. The minimum Gasteiger partial charge on any atom is -0.341 e. The molecule has 2 saturated heterocycles. The first kappa shape index (κ1) is 8.46. The van der Waals surface area contributed by atoms with E-state index in [1.54, 1.807) is 0 Å². The molecule has 2 aliphatic heterocycles. The van der Waals surface area contributed by atoms with Crippen LogP contribution in [0.2, 0.25) is 0 Å². The Morgan fingerprint density at radius 3 is 2.85 bits per heavy atom. The molecule has 0 aromatic heterocycles. The Morgan fingerprint density at radius 2 is 2.38 bits per heavy atom. The molecule has 6 heteroatoms. The topological polar surface area (TPSA) is 79.5 Å². The van der Waals surface area contributed by atoms with E-state index in [4.69, 9.17) is 0 Å². The van der Waals surface area contributed by atoms with Crippen LogP contribution in [-0.4, -0.2) is 37.0 Å². The van der Waals surface area contributed by atoms with E-state index in [0.29, 0.717) is 0 Å². The van der Waals surface area contributed by atoms with Crippen LogP contribution in [0.15, 0.2) is 0 Å². The Bertz CT molecular complexity index is 239. The zero-order chi connectivity index (χ0) is 9.26. The number of amides is 2. The maximum absolute atomic E-state index is 11.3. The second-order valence-electron chi connectivity index (χ2n) is 3.13. The second-order valence-corrected chi connectivity index (χ2v) is 3.13. The third-order valence-corrected chi connectivity index (χ3v) is 2.20. The molecule has 0 radical (unpaired) electrons. The highest BCUT2D eigenvalue weighted by Gasteiger charge is 2.31. The van der Waals surface area contributed by atoms with Gasteiger partial charge in [-0.05, 0) is 13.0 Å². The third kappa shape index (κ3) is 1.63. The standard InChI is InChI=1S/C7H11N3O3/c11-6(4-1-2-8-4)9-5-3-13-10-7(5)12/h4-5,8H,1-3H2,(H,9,11)(H,10,12)/t4?,5-/m1/s1. The van der Waals surface area contributed by atoms with Gasteiger partial charge in [0.05, 0.1) is 6.04 Å². The van der Waals surface area contributed by atoms with Crippen LogP contribution in [0.1, 0.15) is 6.42 Å². The van der Waals surface area contributed by atoms with Gasteiger partial charge in [-0.3, -0.25) is 14.4 Å². The number of hydrogen-bond acceptors (Lipinski definition) is 4. The van der Waals surface area contributed by atoms with Crippen molar-refractivity contribution >= 4 is 11.8 Å². The zero-order valence-corrected chi connectivity index (χ0v) is 7.00. The first-order chi connectivity index (χ1) is 6.27. The van der Waals surface area contributed by atoms with Gasteiger partial charge in [-0.2, -0.15) is 0 Å². The number of carbonyl (C=O) groups excluding carboxylic acids is 2. The van der Waals surface area contributed by atoms with Crippen molar-refractivity contribution < 1.29 is 14.4 Å². The predicted octanol–water partition coefficient (Wildman–Crippen LogP) is -2.11. The largest absolute Gasteiger partial charge is 0.341 e. The molecule has 13 heavy (non-hydrogen) atoms. The summed E-state index contributed by atoms with van der Waals surface area (Å²) in [4.78, 5) is 27.0. The quantitative estimate of drug-likeness (QED) is 0.460. The summed E-state index contributed by atoms with van der Waals surface area (Å²) < 4.78 is 0. The lowest BCUT2D eigenvalue weighted by Crippen LogP contribution is -2.56. The van der Waals surface area contributed by atoms with E-state index in [0.717, 1.165) is 13.0 Å². The van der Waals surface area contributed by atoms with Crippen LogP contribution >= 0.6 is 0 Å². The van der Waals surface area contributed by atoms with E-state index in [-0.39, 0.29) is 24.5 Å². The molecular formula is C7H11N3O3. The molecule has 0 aromatic carbocycles. The summed E-state index contributed by atoms with van der Waals surface area (Å²) in [7, 11) is 0.